The second-order valence-electron chi connectivity index (χ2n) is 6.65. The molecule has 0 saturated heterocycles. The third kappa shape index (κ3) is 5.28. The molecule has 3 rings (SSSR count). The Labute approximate surface area is 168 Å². The van der Waals surface area contributed by atoms with Crippen LogP contribution in [0.3, 0.4) is 0 Å². The number of aromatic nitrogens is 2. The summed E-state index contributed by atoms with van der Waals surface area (Å²) in [6.07, 6.45) is 1.42. The van der Waals surface area contributed by atoms with Crippen molar-refractivity contribution in [2.45, 2.75) is 20.4 Å². The molecule has 3 aromatic rings. The van der Waals surface area contributed by atoms with Crippen LogP contribution in [0.25, 0.3) is 11.3 Å². The predicted molar refractivity (Wildman–Crippen MR) is 108 cm³/mol. The molecule has 0 radical (unpaired) electrons. The Bertz CT molecular complexity index is 1060. The van der Waals surface area contributed by atoms with E-state index in [1.165, 1.54) is 29.1 Å². The minimum Gasteiger partial charge on any atom is -0.483 e. The molecular formula is C22H22FN3O3. The first kappa shape index (κ1) is 20.3. The molecule has 0 bridgehead atoms. The van der Waals surface area contributed by atoms with Crippen LogP contribution in [0.15, 0.2) is 59.7 Å². The fraction of sp³-hybridized carbons (Fsp3) is 0.227. The van der Waals surface area contributed by atoms with Crippen molar-refractivity contribution in [1.82, 2.24) is 14.9 Å². The van der Waals surface area contributed by atoms with Crippen molar-refractivity contribution < 1.29 is 13.9 Å². The summed E-state index contributed by atoms with van der Waals surface area (Å²) in [7, 11) is 0. The van der Waals surface area contributed by atoms with E-state index in [0.29, 0.717) is 17.0 Å². The number of hydrogen-bond acceptors (Lipinski definition) is 4. The highest BCUT2D eigenvalue weighted by molar-refractivity contribution is 5.77. The van der Waals surface area contributed by atoms with Gasteiger partial charge in [-0.25, -0.2) is 9.37 Å². The Hall–Kier alpha value is -3.48. The first-order valence-electron chi connectivity index (χ1n) is 9.22. The number of rotatable bonds is 7. The summed E-state index contributed by atoms with van der Waals surface area (Å²) in [6, 6.07) is 12.8. The molecule has 0 aliphatic carbocycles. The Morgan fingerprint density at radius 3 is 2.66 bits per heavy atom. The monoisotopic (exact) mass is 395 g/mol. The van der Waals surface area contributed by atoms with Crippen molar-refractivity contribution in [1.29, 1.82) is 0 Å². The number of amides is 1. The summed E-state index contributed by atoms with van der Waals surface area (Å²) in [5, 5.41) is 2.72. The van der Waals surface area contributed by atoms with Crippen LogP contribution in [0.4, 0.5) is 4.39 Å². The summed E-state index contributed by atoms with van der Waals surface area (Å²) in [5.41, 5.74) is 2.98. The minimum absolute atomic E-state index is 0.0963. The number of hydrogen-bond donors (Lipinski definition) is 1. The average molecular weight is 395 g/mol. The average Bonchev–Trinajstić information content (AvgIpc) is 2.71. The second kappa shape index (κ2) is 9.14. The third-order valence-corrected chi connectivity index (χ3v) is 4.61. The van der Waals surface area contributed by atoms with Crippen LogP contribution in [0, 0.1) is 19.7 Å². The van der Waals surface area contributed by atoms with Crippen molar-refractivity contribution in [2.75, 3.05) is 13.2 Å². The topological polar surface area (TPSA) is 73.2 Å². The zero-order valence-electron chi connectivity index (χ0n) is 16.3. The van der Waals surface area contributed by atoms with Crippen LogP contribution in [0.2, 0.25) is 0 Å². The minimum atomic E-state index is -0.348. The van der Waals surface area contributed by atoms with Gasteiger partial charge in [0.05, 0.1) is 12.0 Å². The van der Waals surface area contributed by atoms with Gasteiger partial charge in [0.25, 0.3) is 11.5 Å². The molecule has 1 aromatic heterocycles. The maximum Gasteiger partial charge on any atom is 0.258 e. The molecule has 0 spiro atoms. The predicted octanol–water partition coefficient (Wildman–Crippen LogP) is 2.86. The van der Waals surface area contributed by atoms with Crippen molar-refractivity contribution in [2.24, 2.45) is 0 Å². The van der Waals surface area contributed by atoms with Gasteiger partial charge in [-0.3, -0.25) is 14.2 Å². The zero-order chi connectivity index (χ0) is 20.8. The summed E-state index contributed by atoms with van der Waals surface area (Å²) >= 11 is 0. The van der Waals surface area contributed by atoms with Gasteiger partial charge in [0.2, 0.25) is 0 Å². The number of benzene rings is 2. The highest BCUT2D eigenvalue weighted by Crippen LogP contribution is 2.20. The molecule has 0 atom stereocenters. The molecule has 1 heterocycles. The first-order chi connectivity index (χ1) is 13.9. The summed E-state index contributed by atoms with van der Waals surface area (Å²) < 4.78 is 20.0. The molecule has 0 aliphatic heterocycles. The van der Waals surface area contributed by atoms with Gasteiger partial charge in [-0.1, -0.05) is 12.1 Å². The summed E-state index contributed by atoms with van der Waals surface area (Å²) in [5.74, 6) is 0.0613. The molecule has 0 aliphatic rings. The van der Waals surface area contributed by atoms with E-state index in [4.69, 9.17) is 4.74 Å². The van der Waals surface area contributed by atoms with E-state index in [0.717, 1.165) is 11.1 Å². The molecule has 7 heteroatoms. The van der Waals surface area contributed by atoms with Gasteiger partial charge in [-0.15, -0.1) is 0 Å². The Morgan fingerprint density at radius 2 is 1.93 bits per heavy atom. The van der Waals surface area contributed by atoms with E-state index < -0.39 is 0 Å². The number of halogens is 1. The normalized spacial score (nSPS) is 10.6. The molecular weight excluding hydrogens is 373 g/mol. The van der Waals surface area contributed by atoms with Crippen molar-refractivity contribution >= 4 is 5.91 Å². The van der Waals surface area contributed by atoms with Gasteiger partial charge in [-0.2, -0.15) is 0 Å². The molecule has 1 amide bonds. The molecule has 6 nitrogen and oxygen atoms in total. The lowest BCUT2D eigenvalue weighted by molar-refractivity contribution is -0.123. The number of aryl methyl sites for hydroxylation is 1. The van der Waals surface area contributed by atoms with Crippen LogP contribution in [-0.2, 0) is 11.3 Å². The molecule has 1 N–H and O–H groups in total. The van der Waals surface area contributed by atoms with Crippen molar-refractivity contribution in [3.05, 3.63) is 82.2 Å². The fourth-order valence-corrected chi connectivity index (χ4v) is 2.76. The number of nitrogens with zero attached hydrogens (tertiary/aromatic N) is 2. The summed E-state index contributed by atoms with van der Waals surface area (Å²) in [4.78, 5) is 28.5. The van der Waals surface area contributed by atoms with Gasteiger partial charge < -0.3 is 10.1 Å². The Kier molecular flexibility index (Phi) is 6.39. The number of nitrogens with one attached hydrogen (secondary N) is 1. The number of carbonyl (C=O) groups excluding carboxylic acids is 1. The number of carbonyl (C=O) groups is 1. The first-order valence-corrected chi connectivity index (χ1v) is 9.22. The lowest BCUT2D eigenvalue weighted by Gasteiger charge is -2.11. The Morgan fingerprint density at radius 1 is 1.17 bits per heavy atom. The highest BCUT2D eigenvalue weighted by Gasteiger charge is 2.07. The maximum absolute atomic E-state index is 13.0. The highest BCUT2D eigenvalue weighted by atomic mass is 19.1. The largest absolute Gasteiger partial charge is 0.483 e. The molecule has 2 aromatic carbocycles. The smallest absolute Gasteiger partial charge is 0.258 e. The molecule has 0 saturated carbocycles. The number of ether oxygens (including phenoxy) is 1. The van der Waals surface area contributed by atoms with E-state index >= 15 is 0 Å². The fourth-order valence-electron chi connectivity index (χ4n) is 2.76. The van der Waals surface area contributed by atoms with Crippen LogP contribution in [-0.4, -0.2) is 28.6 Å². The van der Waals surface area contributed by atoms with E-state index in [-0.39, 0.29) is 37.0 Å². The van der Waals surface area contributed by atoms with Gasteiger partial charge >= 0.3 is 0 Å². The SMILES string of the molecule is Cc1cccc(OCC(=O)NCCn2cnc(-c3ccc(F)cc3)cc2=O)c1C. The zero-order valence-corrected chi connectivity index (χ0v) is 16.3. The van der Waals surface area contributed by atoms with Crippen molar-refractivity contribution in [3.63, 3.8) is 0 Å². The third-order valence-electron chi connectivity index (χ3n) is 4.61. The lowest BCUT2D eigenvalue weighted by atomic mass is 10.1. The molecule has 150 valence electrons. The Balaban J connectivity index is 1.51. The van der Waals surface area contributed by atoms with Gasteiger partial charge in [0, 0.05) is 24.7 Å². The molecule has 29 heavy (non-hydrogen) atoms. The standard InChI is InChI=1S/C22H22FN3O3/c1-15-4-3-5-20(16(15)2)29-13-21(27)24-10-11-26-14-25-19(12-22(26)28)17-6-8-18(23)9-7-17/h3-9,12,14H,10-11,13H2,1-2H3,(H,24,27). The van der Waals surface area contributed by atoms with Gasteiger partial charge in [0.1, 0.15) is 11.6 Å². The van der Waals surface area contributed by atoms with Crippen LogP contribution in [0.1, 0.15) is 11.1 Å². The van der Waals surface area contributed by atoms with E-state index in [2.05, 4.69) is 10.3 Å². The van der Waals surface area contributed by atoms with Gasteiger partial charge in [0.15, 0.2) is 6.61 Å². The van der Waals surface area contributed by atoms with E-state index in [9.17, 15) is 14.0 Å². The molecule has 0 unspecified atom stereocenters. The quantitative estimate of drug-likeness (QED) is 0.668. The van der Waals surface area contributed by atoms with E-state index in [1.807, 2.05) is 32.0 Å². The van der Waals surface area contributed by atoms with Crippen LogP contribution in [0.5, 0.6) is 5.75 Å². The van der Waals surface area contributed by atoms with Gasteiger partial charge in [-0.05, 0) is 55.3 Å². The van der Waals surface area contributed by atoms with Crippen LogP contribution >= 0.6 is 0 Å². The van der Waals surface area contributed by atoms with Crippen molar-refractivity contribution in [3.8, 4) is 17.0 Å². The van der Waals surface area contributed by atoms with Crippen LogP contribution < -0.4 is 15.6 Å². The van der Waals surface area contributed by atoms with E-state index in [1.54, 1.807) is 12.1 Å². The maximum atomic E-state index is 13.0. The lowest BCUT2D eigenvalue weighted by Crippen LogP contribution is -2.33. The second-order valence-corrected chi connectivity index (χ2v) is 6.65. The summed E-state index contributed by atoms with van der Waals surface area (Å²) in [6.45, 7) is 4.38. The molecule has 0 fully saturated rings.